The second-order valence-electron chi connectivity index (χ2n) is 8.29. The molecule has 2 rings (SSSR count). The number of allylic oxidation sites excluding steroid dienone is 2. The van der Waals surface area contributed by atoms with Gasteiger partial charge in [0.1, 0.15) is 12.4 Å². The van der Waals surface area contributed by atoms with Gasteiger partial charge in [0.25, 0.3) is 0 Å². The van der Waals surface area contributed by atoms with E-state index in [0.717, 1.165) is 44.1 Å². The van der Waals surface area contributed by atoms with Crippen LogP contribution in [0.25, 0.3) is 5.57 Å². The smallest absolute Gasteiger partial charge is 0.337 e. The maximum absolute atomic E-state index is 12.0. The molecule has 0 aromatic heterocycles. The number of ether oxygens (including phenoxy) is 1. The standard InChI is InChI=1S/C27H34O6/c1-4-27(32,5-2)17-11-7-8-12-19(3)21-15-16-22(25(28)29)24(26(30)31)23(21)18-33-20-13-9-6-10-14-20/h6,9-10,12-16,32H,4-5,7-8,11,17-18H2,1-3H3,(H,28,29)(H,30,31). The molecule has 2 aromatic carbocycles. The van der Waals surface area contributed by atoms with Crippen molar-refractivity contribution >= 4 is 17.5 Å². The highest BCUT2D eigenvalue weighted by atomic mass is 16.5. The Kier molecular flexibility index (Phi) is 9.67. The minimum atomic E-state index is -1.30. The van der Waals surface area contributed by atoms with Crippen LogP contribution in [0.4, 0.5) is 0 Å². The number of carboxylic acids is 2. The van der Waals surface area contributed by atoms with Gasteiger partial charge in [-0.25, -0.2) is 9.59 Å². The summed E-state index contributed by atoms with van der Waals surface area (Å²) in [6.45, 7) is 5.82. The lowest BCUT2D eigenvalue weighted by molar-refractivity contribution is 0.0213. The Morgan fingerprint density at radius 1 is 0.939 bits per heavy atom. The fourth-order valence-electron chi connectivity index (χ4n) is 3.89. The first-order chi connectivity index (χ1) is 15.7. The van der Waals surface area contributed by atoms with Crippen LogP contribution in [0.1, 0.15) is 91.1 Å². The molecule has 0 atom stereocenters. The highest BCUT2D eigenvalue weighted by molar-refractivity contribution is 6.03. The molecule has 6 heteroatoms. The molecule has 0 aliphatic heterocycles. The molecule has 0 spiro atoms. The first-order valence-corrected chi connectivity index (χ1v) is 11.4. The number of carboxylic acid groups (broad SMARTS) is 2. The molecule has 0 saturated heterocycles. The number of benzene rings is 2. The number of hydrogen-bond donors (Lipinski definition) is 3. The summed E-state index contributed by atoms with van der Waals surface area (Å²) >= 11 is 0. The Balaban J connectivity index is 2.28. The van der Waals surface area contributed by atoms with Gasteiger partial charge in [-0.1, -0.05) is 50.6 Å². The van der Waals surface area contributed by atoms with Crippen molar-refractivity contribution in [2.45, 2.75) is 71.5 Å². The number of aromatic carboxylic acids is 2. The predicted octanol–water partition coefficient (Wildman–Crippen LogP) is 6.18. The first kappa shape index (κ1) is 26.1. The first-order valence-electron chi connectivity index (χ1n) is 11.4. The topological polar surface area (TPSA) is 104 Å². The van der Waals surface area contributed by atoms with E-state index in [9.17, 15) is 24.9 Å². The fourth-order valence-corrected chi connectivity index (χ4v) is 3.89. The fraction of sp³-hybridized carbons (Fsp3) is 0.407. The lowest BCUT2D eigenvalue weighted by atomic mass is 9.90. The average Bonchev–Trinajstić information content (AvgIpc) is 2.81. The van der Waals surface area contributed by atoms with Gasteiger partial charge >= 0.3 is 11.9 Å². The quantitative estimate of drug-likeness (QED) is 0.312. The molecule has 0 aliphatic rings. The Morgan fingerprint density at radius 3 is 2.15 bits per heavy atom. The van der Waals surface area contributed by atoms with Crippen LogP contribution in [-0.4, -0.2) is 32.9 Å². The second kappa shape index (κ2) is 12.2. The van der Waals surface area contributed by atoms with Crippen LogP contribution in [0.15, 0.2) is 48.5 Å². The number of aliphatic hydroxyl groups is 1. The predicted molar refractivity (Wildman–Crippen MR) is 129 cm³/mol. The zero-order valence-electron chi connectivity index (χ0n) is 19.6. The maximum atomic E-state index is 12.0. The number of rotatable bonds is 13. The number of hydrogen-bond acceptors (Lipinski definition) is 4. The lowest BCUT2D eigenvalue weighted by Gasteiger charge is -2.24. The molecule has 0 heterocycles. The van der Waals surface area contributed by atoms with E-state index < -0.39 is 17.5 Å². The normalized spacial score (nSPS) is 11.9. The van der Waals surface area contributed by atoms with Gasteiger partial charge < -0.3 is 20.1 Å². The second-order valence-corrected chi connectivity index (χ2v) is 8.29. The SMILES string of the molecule is CCC(O)(CC)CCCCC=C(C)c1ccc(C(=O)O)c(C(=O)O)c1COc1ccccc1. The molecule has 6 nitrogen and oxygen atoms in total. The van der Waals surface area contributed by atoms with E-state index in [1.807, 2.05) is 45.0 Å². The van der Waals surface area contributed by atoms with Gasteiger partial charge in [-0.2, -0.15) is 0 Å². The van der Waals surface area contributed by atoms with Gasteiger partial charge in [-0.05, 0) is 68.4 Å². The van der Waals surface area contributed by atoms with Crippen LogP contribution in [0, 0.1) is 0 Å². The molecule has 0 radical (unpaired) electrons. The van der Waals surface area contributed by atoms with Gasteiger partial charge in [0, 0.05) is 5.56 Å². The van der Waals surface area contributed by atoms with E-state index in [-0.39, 0.29) is 17.7 Å². The van der Waals surface area contributed by atoms with E-state index in [4.69, 9.17) is 4.74 Å². The third kappa shape index (κ3) is 7.19. The molecule has 33 heavy (non-hydrogen) atoms. The van der Waals surface area contributed by atoms with Crippen LogP contribution in [-0.2, 0) is 6.61 Å². The Labute approximate surface area is 195 Å². The largest absolute Gasteiger partial charge is 0.489 e. The van der Waals surface area contributed by atoms with Crippen LogP contribution in [0.2, 0.25) is 0 Å². The van der Waals surface area contributed by atoms with E-state index >= 15 is 0 Å². The van der Waals surface area contributed by atoms with Gasteiger partial charge in [0.15, 0.2) is 0 Å². The van der Waals surface area contributed by atoms with Crippen LogP contribution >= 0.6 is 0 Å². The van der Waals surface area contributed by atoms with E-state index in [2.05, 4.69) is 0 Å². The van der Waals surface area contributed by atoms with Crippen molar-refractivity contribution in [3.8, 4) is 5.75 Å². The minimum Gasteiger partial charge on any atom is -0.489 e. The summed E-state index contributed by atoms with van der Waals surface area (Å²) in [5.74, 6) is -2.02. The van der Waals surface area contributed by atoms with Gasteiger partial charge in [0.05, 0.1) is 16.7 Å². The van der Waals surface area contributed by atoms with Crippen molar-refractivity contribution in [3.63, 3.8) is 0 Å². The van der Waals surface area contributed by atoms with E-state index in [0.29, 0.717) is 16.9 Å². The molecule has 0 saturated carbocycles. The Morgan fingerprint density at radius 2 is 1.58 bits per heavy atom. The van der Waals surface area contributed by atoms with Gasteiger partial charge in [-0.3, -0.25) is 0 Å². The molecule has 0 amide bonds. The summed E-state index contributed by atoms with van der Waals surface area (Å²) in [6.07, 6.45) is 6.81. The minimum absolute atomic E-state index is 0.0622. The van der Waals surface area contributed by atoms with Crippen LogP contribution in [0.3, 0.4) is 0 Å². The summed E-state index contributed by atoms with van der Waals surface area (Å²) < 4.78 is 5.80. The molecule has 3 N–H and O–H groups in total. The van der Waals surface area contributed by atoms with Crippen LogP contribution < -0.4 is 4.74 Å². The zero-order chi connectivity index (χ0) is 24.4. The van der Waals surface area contributed by atoms with Gasteiger partial charge in [0.2, 0.25) is 0 Å². The molecular formula is C27H34O6. The summed E-state index contributed by atoms with van der Waals surface area (Å²) in [5.41, 5.74) is 0.744. The van der Waals surface area contributed by atoms with Crippen LogP contribution in [0.5, 0.6) is 5.75 Å². The highest BCUT2D eigenvalue weighted by Gasteiger charge is 2.24. The lowest BCUT2D eigenvalue weighted by Crippen LogP contribution is -2.26. The van der Waals surface area contributed by atoms with Crippen molar-refractivity contribution in [2.24, 2.45) is 0 Å². The molecule has 2 aromatic rings. The third-order valence-electron chi connectivity index (χ3n) is 6.17. The van der Waals surface area contributed by atoms with Gasteiger partial charge in [-0.15, -0.1) is 0 Å². The molecule has 0 aliphatic carbocycles. The molecule has 0 fully saturated rings. The third-order valence-corrected chi connectivity index (χ3v) is 6.17. The number of para-hydroxylation sites is 1. The maximum Gasteiger partial charge on any atom is 0.337 e. The number of carbonyl (C=O) groups is 2. The molecular weight excluding hydrogens is 420 g/mol. The number of unbranched alkanes of at least 4 members (excludes halogenated alkanes) is 2. The summed E-state index contributed by atoms with van der Waals surface area (Å²) in [4.78, 5) is 23.7. The summed E-state index contributed by atoms with van der Waals surface area (Å²) in [5, 5.41) is 29.8. The highest BCUT2D eigenvalue weighted by Crippen LogP contribution is 2.28. The van der Waals surface area contributed by atoms with Crippen molar-refractivity contribution in [3.05, 3.63) is 70.8 Å². The van der Waals surface area contributed by atoms with Crippen molar-refractivity contribution in [2.75, 3.05) is 0 Å². The Hall–Kier alpha value is -3.12. The molecule has 0 unspecified atom stereocenters. The van der Waals surface area contributed by atoms with Crippen molar-refractivity contribution in [1.82, 2.24) is 0 Å². The molecule has 178 valence electrons. The van der Waals surface area contributed by atoms with E-state index in [1.165, 1.54) is 6.07 Å². The molecule has 0 bridgehead atoms. The van der Waals surface area contributed by atoms with Crippen molar-refractivity contribution in [1.29, 1.82) is 0 Å². The summed E-state index contributed by atoms with van der Waals surface area (Å²) in [7, 11) is 0. The zero-order valence-corrected chi connectivity index (χ0v) is 19.6. The Bertz CT molecular complexity index is 974. The summed E-state index contributed by atoms with van der Waals surface area (Å²) in [6, 6.07) is 12.0. The van der Waals surface area contributed by atoms with E-state index in [1.54, 1.807) is 18.2 Å². The van der Waals surface area contributed by atoms with Crippen molar-refractivity contribution < 1.29 is 29.6 Å². The monoisotopic (exact) mass is 454 g/mol. The average molecular weight is 455 g/mol.